The molecule has 1 unspecified atom stereocenters. The molecule has 3 nitrogen and oxygen atoms in total. The molecular formula is C11H15N3. The highest BCUT2D eigenvalue weighted by Crippen LogP contribution is 2.19. The van der Waals surface area contributed by atoms with Crippen molar-refractivity contribution in [3.05, 3.63) is 30.4 Å². The van der Waals surface area contributed by atoms with Gasteiger partial charge in [0, 0.05) is 5.69 Å². The molecule has 0 aliphatic carbocycles. The monoisotopic (exact) mass is 189 g/mol. The largest absolute Gasteiger partial charge is 0.241 e. The van der Waals surface area contributed by atoms with Crippen molar-refractivity contribution in [1.82, 2.24) is 14.6 Å². The third kappa shape index (κ3) is 1.62. The Balaban J connectivity index is 2.33. The number of hydrogen-bond acceptors (Lipinski definition) is 2. The zero-order valence-corrected chi connectivity index (χ0v) is 8.64. The van der Waals surface area contributed by atoms with Gasteiger partial charge < -0.3 is 0 Å². The van der Waals surface area contributed by atoms with Crippen LogP contribution in [0.25, 0.3) is 5.52 Å². The zero-order valence-electron chi connectivity index (χ0n) is 8.64. The summed E-state index contributed by atoms with van der Waals surface area (Å²) in [6.45, 7) is 4.42. The molecule has 2 rings (SSSR count). The van der Waals surface area contributed by atoms with Crippen molar-refractivity contribution in [2.75, 3.05) is 0 Å². The molecule has 0 aliphatic rings. The molecule has 74 valence electrons. The maximum Gasteiger partial charge on any atom is 0.117 e. The lowest BCUT2D eigenvalue weighted by Crippen LogP contribution is -1.99. The van der Waals surface area contributed by atoms with E-state index in [0.717, 1.165) is 5.52 Å². The predicted octanol–water partition coefficient (Wildman–Crippen LogP) is 2.63. The van der Waals surface area contributed by atoms with Crippen molar-refractivity contribution in [1.29, 1.82) is 0 Å². The molecule has 0 saturated heterocycles. The summed E-state index contributed by atoms with van der Waals surface area (Å²) in [6.07, 6.45) is 5.98. The van der Waals surface area contributed by atoms with Crippen LogP contribution in [-0.4, -0.2) is 14.6 Å². The van der Waals surface area contributed by atoms with Crippen molar-refractivity contribution in [2.24, 2.45) is 0 Å². The lowest BCUT2D eigenvalue weighted by atomic mass is 10.0. The van der Waals surface area contributed by atoms with Gasteiger partial charge in [-0.15, -0.1) is 0 Å². The third-order valence-corrected chi connectivity index (χ3v) is 2.54. The fourth-order valence-electron chi connectivity index (χ4n) is 1.70. The highest BCUT2D eigenvalue weighted by molar-refractivity contribution is 5.45. The molecule has 0 aliphatic heterocycles. The second-order valence-electron chi connectivity index (χ2n) is 3.70. The molecular weight excluding hydrogens is 174 g/mol. The third-order valence-electron chi connectivity index (χ3n) is 2.54. The molecule has 14 heavy (non-hydrogen) atoms. The van der Waals surface area contributed by atoms with Crippen LogP contribution in [0.2, 0.25) is 0 Å². The first-order valence-electron chi connectivity index (χ1n) is 5.10. The molecule has 0 radical (unpaired) electrons. The first kappa shape index (κ1) is 9.19. The topological polar surface area (TPSA) is 30.2 Å². The Hall–Kier alpha value is -1.38. The normalized spacial score (nSPS) is 13.3. The fourth-order valence-corrected chi connectivity index (χ4v) is 1.70. The maximum atomic E-state index is 4.40. The van der Waals surface area contributed by atoms with E-state index in [2.05, 4.69) is 30.0 Å². The van der Waals surface area contributed by atoms with Gasteiger partial charge in [0.05, 0.1) is 11.7 Å². The summed E-state index contributed by atoms with van der Waals surface area (Å²) in [5.74, 6) is 0.542. The molecule has 2 heterocycles. The number of aromatic nitrogens is 3. The van der Waals surface area contributed by atoms with E-state index in [1.165, 1.54) is 18.5 Å². The fraction of sp³-hybridized carbons (Fsp3) is 0.455. The summed E-state index contributed by atoms with van der Waals surface area (Å²) in [5.41, 5.74) is 2.29. The van der Waals surface area contributed by atoms with Gasteiger partial charge in [-0.05, 0) is 24.5 Å². The first-order chi connectivity index (χ1) is 6.81. The summed E-state index contributed by atoms with van der Waals surface area (Å²) < 4.78 is 1.79. The van der Waals surface area contributed by atoms with E-state index < -0.39 is 0 Å². The number of fused-ring (bicyclic) bond motifs is 1. The molecule has 0 spiro atoms. The molecule has 2 aromatic heterocycles. The minimum atomic E-state index is 0.542. The number of hydrogen-bond donors (Lipinski definition) is 0. The summed E-state index contributed by atoms with van der Waals surface area (Å²) in [7, 11) is 0. The molecule has 0 bridgehead atoms. The van der Waals surface area contributed by atoms with E-state index in [4.69, 9.17) is 0 Å². The van der Waals surface area contributed by atoms with Crippen molar-refractivity contribution in [3.8, 4) is 0 Å². The highest BCUT2D eigenvalue weighted by atomic mass is 15.2. The van der Waals surface area contributed by atoms with E-state index in [1.54, 1.807) is 17.0 Å². The van der Waals surface area contributed by atoms with Crippen LogP contribution in [0.15, 0.2) is 24.7 Å². The van der Waals surface area contributed by atoms with Crippen molar-refractivity contribution in [2.45, 2.75) is 32.6 Å². The minimum absolute atomic E-state index is 0.542. The number of rotatable bonds is 3. The quantitative estimate of drug-likeness (QED) is 0.743. The Morgan fingerprint density at radius 3 is 3.14 bits per heavy atom. The highest BCUT2D eigenvalue weighted by Gasteiger charge is 2.06. The van der Waals surface area contributed by atoms with Gasteiger partial charge in [-0.3, -0.25) is 0 Å². The van der Waals surface area contributed by atoms with Gasteiger partial charge in [0.2, 0.25) is 0 Å². The summed E-state index contributed by atoms with van der Waals surface area (Å²) in [6, 6.07) is 4.12. The summed E-state index contributed by atoms with van der Waals surface area (Å²) in [4.78, 5) is 4.40. The Morgan fingerprint density at radius 2 is 2.36 bits per heavy atom. The zero-order chi connectivity index (χ0) is 9.97. The van der Waals surface area contributed by atoms with E-state index in [1.807, 2.05) is 6.07 Å². The van der Waals surface area contributed by atoms with Crippen LogP contribution >= 0.6 is 0 Å². The van der Waals surface area contributed by atoms with Crippen molar-refractivity contribution in [3.63, 3.8) is 0 Å². The molecule has 1 atom stereocenters. The van der Waals surface area contributed by atoms with Crippen LogP contribution in [0.4, 0.5) is 0 Å². The molecule has 0 N–H and O–H groups in total. The van der Waals surface area contributed by atoms with Crippen molar-refractivity contribution >= 4 is 5.52 Å². The molecule has 0 aromatic carbocycles. The average molecular weight is 189 g/mol. The minimum Gasteiger partial charge on any atom is -0.241 e. The Morgan fingerprint density at radius 1 is 1.50 bits per heavy atom. The van der Waals surface area contributed by atoms with Gasteiger partial charge in [-0.2, -0.15) is 5.10 Å². The lowest BCUT2D eigenvalue weighted by Gasteiger charge is -2.08. The van der Waals surface area contributed by atoms with Gasteiger partial charge in [0.15, 0.2) is 0 Å². The Labute approximate surface area is 83.8 Å². The van der Waals surface area contributed by atoms with Crippen LogP contribution in [0.5, 0.6) is 0 Å². The van der Waals surface area contributed by atoms with Crippen LogP contribution < -0.4 is 0 Å². The lowest BCUT2D eigenvalue weighted by molar-refractivity contribution is 0.644. The summed E-state index contributed by atoms with van der Waals surface area (Å²) >= 11 is 0. The average Bonchev–Trinajstić information content (AvgIpc) is 2.64. The van der Waals surface area contributed by atoms with Gasteiger partial charge in [-0.1, -0.05) is 20.3 Å². The van der Waals surface area contributed by atoms with Crippen molar-refractivity contribution < 1.29 is 0 Å². The molecule has 3 heteroatoms. The van der Waals surface area contributed by atoms with E-state index in [0.29, 0.717) is 5.92 Å². The van der Waals surface area contributed by atoms with Crippen LogP contribution in [0.1, 0.15) is 38.3 Å². The van der Waals surface area contributed by atoms with Crippen LogP contribution in [0, 0.1) is 0 Å². The summed E-state index contributed by atoms with van der Waals surface area (Å²) in [5, 5.41) is 4.12. The van der Waals surface area contributed by atoms with E-state index in [-0.39, 0.29) is 0 Å². The van der Waals surface area contributed by atoms with Gasteiger partial charge in [0.25, 0.3) is 0 Å². The number of nitrogens with zero attached hydrogens (tertiary/aromatic N) is 3. The predicted molar refractivity (Wildman–Crippen MR) is 56.3 cm³/mol. The Kier molecular flexibility index (Phi) is 2.48. The Bertz CT molecular complexity index is 419. The van der Waals surface area contributed by atoms with Crippen LogP contribution in [0.3, 0.4) is 0 Å². The SMILES string of the molecule is CCCC(C)c1cc2ccnn2cn1. The maximum absolute atomic E-state index is 4.40. The first-order valence-corrected chi connectivity index (χ1v) is 5.10. The standard InChI is InChI=1S/C11H15N3/c1-3-4-9(2)11-7-10-5-6-13-14(10)8-12-11/h5-9H,3-4H2,1-2H3. The van der Waals surface area contributed by atoms with E-state index in [9.17, 15) is 0 Å². The van der Waals surface area contributed by atoms with Gasteiger partial charge in [0.1, 0.15) is 6.33 Å². The van der Waals surface area contributed by atoms with Crippen LogP contribution in [-0.2, 0) is 0 Å². The molecule has 0 saturated carbocycles. The van der Waals surface area contributed by atoms with Gasteiger partial charge >= 0.3 is 0 Å². The second kappa shape index (κ2) is 3.78. The van der Waals surface area contributed by atoms with Gasteiger partial charge in [-0.25, -0.2) is 9.50 Å². The molecule has 0 fully saturated rings. The second-order valence-corrected chi connectivity index (χ2v) is 3.70. The molecule has 2 aromatic rings. The van der Waals surface area contributed by atoms with E-state index >= 15 is 0 Å². The molecule has 0 amide bonds. The smallest absolute Gasteiger partial charge is 0.117 e.